The van der Waals surface area contributed by atoms with Crippen molar-refractivity contribution in [3.8, 4) is 0 Å². The lowest BCUT2D eigenvalue weighted by Crippen LogP contribution is -2.37. The molecule has 0 radical (unpaired) electrons. The summed E-state index contributed by atoms with van der Waals surface area (Å²) in [5, 5.41) is 2.99. The molecule has 0 bridgehead atoms. The van der Waals surface area contributed by atoms with Crippen molar-refractivity contribution < 1.29 is 9.59 Å². The topological polar surface area (TPSA) is 75.2 Å². The van der Waals surface area contributed by atoms with Crippen LogP contribution in [0.5, 0.6) is 0 Å². The quantitative estimate of drug-likeness (QED) is 0.737. The van der Waals surface area contributed by atoms with Crippen LogP contribution < -0.4 is 5.32 Å². The maximum atomic E-state index is 12.7. The van der Waals surface area contributed by atoms with Crippen LogP contribution >= 0.6 is 0 Å². The Bertz CT molecular complexity index is 732. The number of nitrogens with one attached hydrogen (secondary N) is 1. The fourth-order valence-corrected chi connectivity index (χ4v) is 2.70. The molecule has 2 rings (SSSR count). The van der Waals surface area contributed by atoms with E-state index < -0.39 is 0 Å². The third-order valence-corrected chi connectivity index (χ3v) is 4.35. The van der Waals surface area contributed by atoms with E-state index in [1.807, 2.05) is 44.2 Å². The highest BCUT2D eigenvalue weighted by molar-refractivity contribution is 5.92. The van der Waals surface area contributed by atoms with E-state index in [9.17, 15) is 9.59 Å². The Labute approximate surface area is 161 Å². The molecule has 0 aliphatic heterocycles. The number of benzene rings is 1. The van der Waals surface area contributed by atoms with Gasteiger partial charge >= 0.3 is 0 Å². The average Bonchev–Trinajstić information content (AvgIpc) is 2.69. The lowest BCUT2D eigenvalue weighted by Gasteiger charge is -2.22. The van der Waals surface area contributed by atoms with E-state index in [0.29, 0.717) is 18.8 Å². The summed E-state index contributed by atoms with van der Waals surface area (Å²) in [6.45, 7) is 6.82. The van der Waals surface area contributed by atoms with Crippen molar-refractivity contribution in [3.63, 3.8) is 0 Å². The molecule has 1 atom stereocenters. The summed E-state index contributed by atoms with van der Waals surface area (Å²) >= 11 is 0. The molecule has 6 heteroatoms. The number of aromatic nitrogens is 2. The predicted molar refractivity (Wildman–Crippen MR) is 105 cm³/mol. The summed E-state index contributed by atoms with van der Waals surface area (Å²) in [6, 6.07) is 9.75. The Kier molecular flexibility index (Phi) is 7.92. The van der Waals surface area contributed by atoms with Crippen molar-refractivity contribution in [1.82, 2.24) is 20.2 Å². The summed E-state index contributed by atoms with van der Waals surface area (Å²) in [6.07, 6.45) is 5.19. The predicted octanol–water partition coefficient (Wildman–Crippen LogP) is 3.29. The molecular weight excluding hydrogens is 340 g/mol. The number of carbonyl (C=O) groups is 2. The molecule has 6 nitrogen and oxygen atoms in total. The molecule has 0 aliphatic carbocycles. The van der Waals surface area contributed by atoms with Crippen LogP contribution in [-0.4, -0.2) is 39.8 Å². The Morgan fingerprint density at radius 1 is 1.11 bits per heavy atom. The largest absolute Gasteiger partial charge is 0.350 e. The second kappa shape index (κ2) is 10.4. The molecule has 1 aromatic carbocycles. The van der Waals surface area contributed by atoms with Gasteiger partial charge in [0, 0.05) is 25.7 Å². The minimum Gasteiger partial charge on any atom is -0.350 e. The van der Waals surface area contributed by atoms with Crippen molar-refractivity contribution >= 4 is 11.8 Å². The minimum atomic E-state index is -0.181. The number of nitrogens with zero attached hydrogens (tertiary/aromatic N) is 3. The van der Waals surface area contributed by atoms with Crippen molar-refractivity contribution in [1.29, 1.82) is 0 Å². The number of amides is 2. The molecule has 0 spiro atoms. The highest BCUT2D eigenvalue weighted by Crippen LogP contribution is 2.11. The lowest BCUT2D eigenvalue weighted by atomic mass is 10.1. The van der Waals surface area contributed by atoms with Gasteiger partial charge in [0.15, 0.2) is 0 Å². The second-order valence-corrected chi connectivity index (χ2v) is 6.64. The molecule has 0 fully saturated rings. The Balaban J connectivity index is 1.94. The monoisotopic (exact) mass is 368 g/mol. The Morgan fingerprint density at radius 3 is 2.48 bits per heavy atom. The van der Waals surface area contributed by atoms with Crippen molar-refractivity contribution in [2.75, 3.05) is 13.1 Å². The van der Waals surface area contributed by atoms with E-state index in [1.165, 1.54) is 6.20 Å². The first-order valence-electron chi connectivity index (χ1n) is 9.43. The van der Waals surface area contributed by atoms with Gasteiger partial charge in [-0.25, -0.2) is 4.98 Å². The summed E-state index contributed by atoms with van der Waals surface area (Å²) in [5.74, 6) is -0.254. The molecule has 144 valence electrons. The highest BCUT2D eigenvalue weighted by atomic mass is 16.2. The van der Waals surface area contributed by atoms with Crippen LogP contribution in [0, 0.1) is 6.92 Å². The zero-order chi connectivity index (χ0) is 19.6. The van der Waals surface area contributed by atoms with Crippen LogP contribution in [0.4, 0.5) is 0 Å². The first kappa shape index (κ1) is 20.6. The van der Waals surface area contributed by atoms with Gasteiger partial charge in [-0.2, -0.15) is 0 Å². The van der Waals surface area contributed by atoms with Gasteiger partial charge in [-0.15, -0.1) is 0 Å². The normalized spacial score (nSPS) is 11.7. The fourth-order valence-electron chi connectivity index (χ4n) is 2.70. The zero-order valence-corrected chi connectivity index (χ0v) is 16.3. The maximum Gasteiger partial charge on any atom is 0.274 e. The second-order valence-electron chi connectivity index (χ2n) is 6.64. The smallest absolute Gasteiger partial charge is 0.274 e. The van der Waals surface area contributed by atoms with Gasteiger partial charge < -0.3 is 10.2 Å². The molecular formula is C21H28N4O2. The summed E-state index contributed by atoms with van der Waals surface area (Å²) in [7, 11) is 0. The summed E-state index contributed by atoms with van der Waals surface area (Å²) in [5.41, 5.74) is 2.13. The summed E-state index contributed by atoms with van der Waals surface area (Å²) < 4.78 is 0. The molecule has 1 heterocycles. The van der Waals surface area contributed by atoms with Gasteiger partial charge in [0.2, 0.25) is 5.91 Å². The molecule has 1 aromatic heterocycles. The van der Waals surface area contributed by atoms with Crippen molar-refractivity contribution in [2.24, 2.45) is 0 Å². The van der Waals surface area contributed by atoms with Gasteiger partial charge in [-0.05, 0) is 25.8 Å². The van der Waals surface area contributed by atoms with Crippen LogP contribution in [0.1, 0.15) is 60.9 Å². The molecule has 0 aliphatic rings. The maximum absolute atomic E-state index is 12.7. The van der Waals surface area contributed by atoms with Gasteiger partial charge in [0.05, 0.1) is 17.9 Å². The van der Waals surface area contributed by atoms with Crippen LogP contribution in [-0.2, 0) is 4.79 Å². The lowest BCUT2D eigenvalue weighted by molar-refractivity contribution is -0.121. The van der Waals surface area contributed by atoms with Gasteiger partial charge in [-0.1, -0.05) is 43.7 Å². The van der Waals surface area contributed by atoms with Crippen LogP contribution in [0.2, 0.25) is 0 Å². The first-order valence-corrected chi connectivity index (χ1v) is 9.43. The standard InChI is InChI=1S/C21H28N4O2/c1-4-5-12-25(21(27)19-15-22-16(2)14-23-19)13-11-20(26)24-17(3)18-9-7-6-8-10-18/h6-10,14-15,17H,4-5,11-13H2,1-3H3,(H,24,26). The van der Waals surface area contributed by atoms with Gasteiger partial charge in [0.25, 0.3) is 5.91 Å². The fraction of sp³-hybridized carbons (Fsp3) is 0.429. The van der Waals surface area contributed by atoms with Crippen LogP contribution in [0.15, 0.2) is 42.7 Å². The minimum absolute atomic E-state index is 0.0681. The van der Waals surface area contributed by atoms with Crippen LogP contribution in [0.3, 0.4) is 0 Å². The van der Waals surface area contributed by atoms with Gasteiger partial charge in [-0.3, -0.25) is 14.6 Å². The Hall–Kier alpha value is -2.76. The molecule has 2 amide bonds. The van der Waals surface area contributed by atoms with Crippen LogP contribution in [0.25, 0.3) is 0 Å². The zero-order valence-electron chi connectivity index (χ0n) is 16.3. The van der Waals surface area contributed by atoms with Crippen molar-refractivity contribution in [3.05, 3.63) is 59.7 Å². The summed E-state index contributed by atoms with van der Waals surface area (Å²) in [4.78, 5) is 35.0. The van der Waals surface area contributed by atoms with Gasteiger partial charge in [0.1, 0.15) is 5.69 Å². The first-order chi connectivity index (χ1) is 13.0. The van der Waals surface area contributed by atoms with E-state index in [1.54, 1.807) is 11.1 Å². The van der Waals surface area contributed by atoms with E-state index in [0.717, 1.165) is 24.1 Å². The number of carbonyl (C=O) groups excluding carboxylic acids is 2. The Morgan fingerprint density at radius 2 is 1.85 bits per heavy atom. The molecule has 2 aromatic rings. The van der Waals surface area contributed by atoms with E-state index in [-0.39, 0.29) is 24.3 Å². The molecule has 1 N–H and O–H groups in total. The van der Waals surface area contributed by atoms with E-state index >= 15 is 0 Å². The average molecular weight is 368 g/mol. The number of unbranched alkanes of at least 4 members (excludes halogenated alkanes) is 1. The molecule has 27 heavy (non-hydrogen) atoms. The van der Waals surface area contributed by atoms with Crippen molar-refractivity contribution in [2.45, 2.75) is 46.1 Å². The number of aryl methyl sites for hydroxylation is 1. The molecule has 0 saturated carbocycles. The third kappa shape index (κ3) is 6.47. The SMILES string of the molecule is CCCCN(CCC(=O)NC(C)c1ccccc1)C(=O)c1cnc(C)cn1. The number of rotatable bonds is 9. The molecule has 1 unspecified atom stereocenters. The van der Waals surface area contributed by atoms with E-state index in [2.05, 4.69) is 22.2 Å². The number of hydrogen-bond acceptors (Lipinski definition) is 4. The number of hydrogen-bond donors (Lipinski definition) is 1. The van der Waals surface area contributed by atoms with E-state index in [4.69, 9.17) is 0 Å². The third-order valence-electron chi connectivity index (χ3n) is 4.35. The molecule has 0 saturated heterocycles. The highest BCUT2D eigenvalue weighted by Gasteiger charge is 2.18.